The maximum Gasteiger partial charge on any atom is 0.306 e. The van der Waals surface area contributed by atoms with Gasteiger partial charge in [0.25, 0.3) is 5.91 Å². The van der Waals surface area contributed by atoms with Crippen LogP contribution in [0.1, 0.15) is 43.0 Å². The van der Waals surface area contributed by atoms with Crippen molar-refractivity contribution in [1.29, 1.82) is 0 Å². The van der Waals surface area contributed by atoms with E-state index in [0.29, 0.717) is 49.3 Å². The topological polar surface area (TPSA) is 95.9 Å². The predicted molar refractivity (Wildman–Crippen MR) is 97.3 cm³/mol. The second-order valence-corrected chi connectivity index (χ2v) is 6.72. The highest BCUT2D eigenvalue weighted by Gasteiger charge is 2.30. The quantitative estimate of drug-likeness (QED) is 0.811. The molecule has 0 aliphatic heterocycles. The fraction of sp³-hybridized carbons (Fsp3) is 0.526. The molecule has 1 aromatic rings. The van der Waals surface area contributed by atoms with Crippen LogP contribution in [-0.4, -0.2) is 48.5 Å². The first-order chi connectivity index (χ1) is 12.3. The largest absolute Gasteiger partial charge is 0.492 e. The average molecular weight is 362 g/mol. The molecule has 0 saturated heterocycles. The standard InChI is InChI=1S/C19H26N2O5/c1-4-26-16-11-14(18(23)21(2)3)9-10-15(16)20-17(22)12-5-7-13(8-6-12)19(24)25/h9-13H,4-8H2,1-3H3,(H,20,22)(H,24,25). The van der Waals surface area contributed by atoms with Crippen LogP contribution in [0.15, 0.2) is 18.2 Å². The molecule has 2 N–H and O–H groups in total. The molecule has 7 nitrogen and oxygen atoms in total. The Bertz CT molecular complexity index is 679. The summed E-state index contributed by atoms with van der Waals surface area (Å²) in [6.07, 6.45) is 2.15. The Morgan fingerprint density at radius 1 is 1.15 bits per heavy atom. The normalized spacial score (nSPS) is 19.5. The number of hydrogen-bond acceptors (Lipinski definition) is 4. The minimum Gasteiger partial charge on any atom is -0.492 e. The Balaban J connectivity index is 2.09. The number of aliphatic carboxylic acids is 1. The molecule has 1 saturated carbocycles. The number of rotatable bonds is 6. The lowest BCUT2D eigenvalue weighted by atomic mass is 9.81. The molecule has 2 rings (SSSR count). The molecule has 0 radical (unpaired) electrons. The molecular weight excluding hydrogens is 336 g/mol. The van der Waals surface area contributed by atoms with Gasteiger partial charge in [-0.3, -0.25) is 14.4 Å². The number of anilines is 1. The van der Waals surface area contributed by atoms with E-state index in [0.717, 1.165) is 0 Å². The third kappa shape index (κ3) is 4.74. The summed E-state index contributed by atoms with van der Waals surface area (Å²) in [6, 6.07) is 4.95. The van der Waals surface area contributed by atoms with Crippen molar-refractivity contribution in [1.82, 2.24) is 4.90 Å². The van der Waals surface area contributed by atoms with Gasteiger partial charge in [-0.15, -0.1) is 0 Å². The van der Waals surface area contributed by atoms with E-state index < -0.39 is 5.97 Å². The summed E-state index contributed by atoms with van der Waals surface area (Å²) in [4.78, 5) is 37.1. The van der Waals surface area contributed by atoms with Crippen LogP contribution in [-0.2, 0) is 9.59 Å². The van der Waals surface area contributed by atoms with Crippen LogP contribution >= 0.6 is 0 Å². The summed E-state index contributed by atoms with van der Waals surface area (Å²) >= 11 is 0. The van der Waals surface area contributed by atoms with Crippen LogP contribution in [0.3, 0.4) is 0 Å². The Morgan fingerprint density at radius 3 is 2.31 bits per heavy atom. The molecule has 26 heavy (non-hydrogen) atoms. The second kappa shape index (κ2) is 8.69. The fourth-order valence-electron chi connectivity index (χ4n) is 3.13. The van der Waals surface area contributed by atoms with Gasteiger partial charge >= 0.3 is 5.97 Å². The number of nitrogens with zero attached hydrogens (tertiary/aromatic N) is 1. The highest BCUT2D eigenvalue weighted by Crippen LogP contribution is 2.32. The van der Waals surface area contributed by atoms with Crippen LogP contribution in [0.2, 0.25) is 0 Å². The molecule has 0 spiro atoms. The van der Waals surface area contributed by atoms with Gasteiger partial charge in [-0.05, 0) is 50.8 Å². The maximum atomic E-state index is 12.5. The Morgan fingerprint density at radius 2 is 1.77 bits per heavy atom. The fourth-order valence-corrected chi connectivity index (χ4v) is 3.13. The number of benzene rings is 1. The van der Waals surface area contributed by atoms with Crippen LogP contribution in [0.25, 0.3) is 0 Å². The van der Waals surface area contributed by atoms with Gasteiger partial charge in [-0.2, -0.15) is 0 Å². The molecule has 0 bridgehead atoms. The molecule has 7 heteroatoms. The number of carboxylic acid groups (broad SMARTS) is 1. The lowest BCUT2D eigenvalue weighted by Crippen LogP contribution is -2.29. The van der Waals surface area contributed by atoms with Crippen LogP contribution in [0, 0.1) is 11.8 Å². The van der Waals surface area contributed by atoms with E-state index in [1.54, 1.807) is 32.3 Å². The summed E-state index contributed by atoms with van der Waals surface area (Å²) in [5.74, 6) is -1.17. The van der Waals surface area contributed by atoms with E-state index in [4.69, 9.17) is 9.84 Å². The average Bonchev–Trinajstić information content (AvgIpc) is 2.62. The highest BCUT2D eigenvalue weighted by molar-refractivity contribution is 5.97. The number of carbonyl (C=O) groups is 3. The third-order valence-corrected chi connectivity index (χ3v) is 4.64. The Labute approximate surface area is 153 Å². The Hall–Kier alpha value is -2.57. The van der Waals surface area contributed by atoms with Gasteiger partial charge in [0.05, 0.1) is 18.2 Å². The lowest BCUT2D eigenvalue weighted by molar-refractivity contribution is -0.143. The van der Waals surface area contributed by atoms with Crippen molar-refractivity contribution in [3.63, 3.8) is 0 Å². The molecule has 0 aromatic heterocycles. The summed E-state index contributed by atoms with van der Waals surface area (Å²) in [6.45, 7) is 2.24. The van der Waals surface area contributed by atoms with Crippen LogP contribution in [0.5, 0.6) is 5.75 Å². The first kappa shape index (κ1) is 19.8. The summed E-state index contributed by atoms with van der Waals surface area (Å²) < 4.78 is 5.58. The molecule has 142 valence electrons. The third-order valence-electron chi connectivity index (χ3n) is 4.64. The predicted octanol–water partition coefficient (Wildman–Crippen LogP) is 2.62. The highest BCUT2D eigenvalue weighted by atomic mass is 16.5. The van der Waals surface area contributed by atoms with Gasteiger partial charge in [-0.1, -0.05) is 0 Å². The zero-order valence-corrected chi connectivity index (χ0v) is 15.4. The first-order valence-corrected chi connectivity index (χ1v) is 8.85. The molecule has 0 unspecified atom stereocenters. The number of amides is 2. The molecule has 1 aliphatic rings. The molecule has 1 fully saturated rings. The van der Waals surface area contributed by atoms with Crippen molar-refractivity contribution >= 4 is 23.5 Å². The van der Waals surface area contributed by atoms with Crippen molar-refractivity contribution in [3.8, 4) is 5.75 Å². The minimum absolute atomic E-state index is 0.138. The SMILES string of the molecule is CCOc1cc(C(=O)N(C)C)ccc1NC(=O)C1CCC(C(=O)O)CC1. The number of ether oxygens (including phenoxy) is 1. The van der Waals surface area contributed by atoms with E-state index >= 15 is 0 Å². The Kier molecular flexibility index (Phi) is 6.60. The smallest absolute Gasteiger partial charge is 0.306 e. The summed E-state index contributed by atoms with van der Waals surface area (Å²) in [5.41, 5.74) is 1.01. The van der Waals surface area contributed by atoms with Crippen LogP contribution in [0.4, 0.5) is 5.69 Å². The van der Waals surface area contributed by atoms with E-state index in [1.807, 2.05) is 6.92 Å². The van der Waals surface area contributed by atoms with Gasteiger partial charge < -0.3 is 20.1 Å². The summed E-state index contributed by atoms with van der Waals surface area (Å²) in [5, 5.41) is 11.9. The first-order valence-electron chi connectivity index (χ1n) is 8.85. The molecule has 1 aliphatic carbocycles. The van der Waals surface area contributed by atoms with Gasteiger partial charge in [-0.25, -0.2) is 0 Å². The molecule has 2 amide bonds. The van der Waals surface area contributed by atoms with Gasteiger partial charge in [0.15, 0.2) is 0 Å². The van der Waals surface area contributed by atoms with Crippen molar-refractivity contribution in [3.05, 3.63) is 23.8 Å². The summed E-state index contributed by atoms with van der Waals surface area (Å²) in [7, 11) is 3.34. The van der Waals surface area contributed by atoms with E-state index in [2.05, 4.69) is 5.32 Å². The van der Waals surface area contributed by atoms with Gasteiger partial charge in [0, 0.05) is 25.6 Å². The number of carboxylic acids is 1. The number of nitrogens with one attached hydrogen (secondary N) is 1. The minimum atomic E-state index is -0.788. The van der Waals surface area contributed by atoms with Crippen molar-refractivity contribution in [2.75, 3.05) is 26.0 Å². The molecule has 0 atom stereocenters. The van der Waals surface area contributed by atoms with Gasteiger partial charge in [0.1, 0.15) is 5.75 Å². The van der Waals surface area contributed by atoms with Gasteiger partial charge in [0.2, 0.25) is 5.91 Å². The maximum absolute atomic E-state index is 12.5. The zero-order chi connectivity index (χ0) is 19.3. The number of hydrogen-bond donors (Lipinski definition) is 2. The molecule has 0 heterocycles. The zero-order valence-electron chi connectivity index (χ0n) is 15.4. The lowest BCUT2D eigenvalue weighted by Gasteiger charge is -2.25. The van der Waals surface area contributed by atoms with Crippen molar-refractivity contribution < 1.29 is 24.2 Å². The van der Waals surface area contributed by atoms with E-state index in [9.17, 15) is 14.4 Å². The number of carbonyl (C=O) groups excluding carboxylic acids is 2. The van der Waals surface area contributed by atoms with E-state index in [1.165, 1.54) is 4.90 Å². The van der Waals surface area contributed by atoms with Crippen molar-refractivity contribution in [2.24, 2.45) is 11.8 Å². The molecule has 1 aromatic carbocycles. The van der Waals surface area contributed by atoms with E-state index in [-0.39, 0.29) is 23.7 Å². The monoisotopic (exact) mass is 362 g/mol. The van der Waals surface area contributed by atoms with Crippen molar-refractivity contribution in [2.45, 2.75) is 32.6 Å². The molecular formula is C19H26N2O5. The van der Waals surface area contributed by atoms with Crippen LogP contribution < -0.4 is 10.1 Å². The second-order valence-electron chi connectivity index (χ2n) is 6.72.